The van der Waals surface area contributed by atoms with E-state index in [1.54, 1.807) is 18.4 Å². The Balaban J connectivity index is 2.35. The summed E-state index contributed by atoms with van der Waals surface area (Å²) in [7, 11) is 1.67. The van der Waals surface area contributed by atoms with E-state index in [1.807, 2.05) is 11.4 Å². The van der Waals surface area contributed by atoms with Gasteiger partial charge in [-0.15, -0.1) is 22.9 Å². The molecule has 0 spiro atoms. The van der Waals surface area contributed by atoms with E-state index in [4.69, 9.17) is 16.3 Å². The molecule has 0 saturated carbocycles. The van der Waals surface area contributed by atoms with Crippen LogP contribution in [-0.2, 0) is 0 Å². The standard InChI is InChI=1S/C14H15ClOS/c1-9-4-5-10(2)12(6-9)14(15)13-7-11(16-3)8-17-13/h4-8,14H,1-3H3. The summed E-state index contributed by atoms with van der Waals surface area (Å²) in [6.07, 6.45) is 0. The van der Waals surface area contributed by atoms with Crippen molar-refractivity contribution in [3.8, 4) is 5.75 Å². The third kappa shape index (κ3) is 2.64. The second-order valence-corrected chi connectivity index (χ2v) is 5.49. The number of hydrogen-bond donors (Lipinski definition) is 0. The molecule has 1 aromatic carbocycles. The van der Waals surface area contributed by atoms with E-state index in [-0.39, 0.29) is 5.38 Å². The molecule has 1 aromatic heterocycles. The summed E-state index contributed by atoms with van der Waals surface area (Å²) in [5.41, 5.74) is 3.64. The van der Waals surface area contributed by atoms with E-state index >= 15 is 0 Å². The summed E-state index contributed by atoms with van der Waals surface area (Å²) in [5, 5.41) is 1.89. The van der Waals surface area contributed by atoms with Crippen molar-refractivity contribution in [2.75, 3.05) is 7.11 Å². The highest BCUT2D eigenvalue weighted by Gasteiger charge is 2.15. The highest BCUT2D eigenvalue weighted by Crippen LogP contribution is 2.37. The molecule has 0 bridgehead atoms. The lowest BCUT2D eigenvalue weighted by Crippen LogP contribution is -1.94. The Kier molecular flexibility index (Phi) is 3.75. The SMILES string of the molecule is COc1csc(C(Cl)c2cc(C)ccc2C)c1. The van der Waals surface area contributed by atoms with Crippen molar-refractivity contribution < 1.29 is 4.74 Å². The normalized spacial score (nSPS) is 12.5. The summed E-state index contributed by atoms with van der Waals surface area (Å²) >= 11 is 8.17. The Hall–Kier alpha value is -0.990. The van der Waals surface area contributed by atoms with Crippen LogP contribution < -0.4 is 4.74 Å². The van der Waals surface area contributed by atoms with Crippen LogP contribution in [0.25, 0.3) is 0 Å². The fourth-order valence-corrected chi connectivity index (χ4v) is 3.06. The fourth-order valence-electron chi connectivity index (χ4n) is 1.76. The number of rotatable bonds is 3. The van der Waals surface area contributed by atoms with Gasteiger partial charge in [-0.1, -0.05) is 23.8 Å². The number of ether oxygens (including phenoxy) is 1. The van der Waals surface area contributed by atoms with Gasteiger partial charge in [-0.2, -0.15) is 0 Å². The number of thiophene rings is 1. The van der Waals surface area contributed by atoms with Gasteiger partial charge >= 0.3 is 0 Å². The minimum absolute atomic E-state index is 0.0937. The van der Waals surface area contributed by atoms with Gasteiger partial charge in [-0.05, 0) is 31.0 Å². The average molecular weight is 267 g/mol. The first-order valence-corrected chi connectivity index (χ1v) is 6.77. The molecule has 0 fully saturated rings. The van der Waals surface area contributed by atoms with Crippen molar-refractivity contribution in [2.24, 2.45) is 0 Å². The van der Waals surface area contributed by atoms with Gasteiger partial charge in [0.1, 0.15) is 5.75 Å². The molecule has 0 amide bonds. The quantitative estimate of drug-likeness (QED) is 0.732. The lowest BCUT2D eigenvalue weighted by Gasteiger charge is -2.12. The van der Waals surface area contributed by atoms with Crippen LogP contribution in [-0.4, -0.2) is 7.11 Å². The predicted molar refractivity (Wildman–Crippen MR) is 74.5 cm³/mol. The summed E-state index contributed by atoms with van der Waals surface area (Å²) in [4.78, 5) is 1.12. The number of aryl methyl sites for hydroxylation is 2. The molecule has 1 nitrogen and oxygen atoms in total. The van der Waals surface area contributed by atoms with Gasteiger partial charge in [0.15, 0.2) is 0 Å². The van der Waals surface area contributed by atoms with E-state index in [2.05, 4.69) is 32.0 Å². The number of hydrogen-bond acceptors (Lipinski definition) is 2. The van der Waals surface area contributed by atoms with Crippen molar-refractivity contribution in [1.82, 2.24) is 0 Å². The maximum atomic E-state index is 6.53. The second kappa shape index (κ2) is 5.11. The van der Waals surface area contributed by atoms with Gasteiger partial charge in [0.25, 0.3) is 0 Å². The molecular weight excluding hydrogens is 252 g/mol. The molecule has 90 valence electrons. The van der Waals surface area contributed by atoms with E-state index in [0.29, 0.717) is 0 Å². The van der Waals surface area contributed by atoms with Gasteiger partial charge in [0.05, 0.1) is 12.5 Å². The molecule has 1 atom stereocenters. The van der Waals surface area contributed by atoms with E-state index < -0.39 is 0 Å². The topological polar surface area (TPSA) is 9.23 Å². The molecule has 1 unspecified atom stereocenters. The van der Waals surface area contributed by atoms with Crippen LogP contribution in [0.1, 0.15) is 26.9 Å². The molecule has 0 aliphatic rings. The van der Waals surface area contributed by atoms with Crippen molar-refractivity contribution in [1.29, 1.82) is 0 Å². The molecule has 17 heavy (non-hydrogen) atoms. The lowest BCUT2D eigenvalue weighted by atomic mass is 10.0. The Morgan fingerprint density at radius 2 is 2.00 bits per heavy atom. The van der Waals surface area contributed by atoms with Crippen LogP contribution in [0.3, 0.4) is 0 Å². The van der Waals surface area contributed by atoms with Crippen LogP contribution in [0.2, 0.25) is 0 Å². The number of methoxy groups -OCH3 is 1. The summed E-state index contributed by atoms with van der Waals surface area (Å²) < 4.78 is 5.19. The monoisotopic (exact) mass is 266 g/mol. The Labute approximate surface area is 111 Å². The van der Waals surface area contributed by atoms with Crippen LogP contribution >= 0.6 is 22.9 Å². The second-order valence-electron chi connectivity index (χ2n) is 4.11. The third-order valence-electron chi connectivity index (χ3n) is 2.79. The molecule has 2 rings (SSSR count). The molecule has 0 N–H and O–H groups in total. The largest absolute Gasteiger partial charge is 0.496 e. The van der Waals surface area contributed by atoms with Crippen molar-refractivity contribution in [3.63, 3.8) is 0 Å². The molecule has 0 aliphatic heterocycles. The van der Waals surface area contributed by atoms with Gasteiger partial charge in [0.2, 0.25) is 0 Å². The van der Waals surface area contributed by atoms with Gasteiger partial charge in [0, 0.05) is 10.3 Å². The fraction of sp³-hybridized carbons (Fsp3) is 0.286. The van der Waals surface area contributed by atoms with Crippen molar-refractivity contribution in [3.05, 3.63) is 51.2 Å². The average Bonchev–Trinajstić information content (AvgIpc) is 2.80. The van der Waals surface area contributed by atoms with Gasteiger partial charge < -0.3 is 4.74 Å². The van der Waals surface area contributed by atoms with Crippen LogP contribution in [0.5, 0.6) is 5.75 Å². The Morgan fingerprint density at radius 3 is 2.65 bits per heavy atom. The number of alkyl halides is 1. The first-order chi connectivity index (χ1) is 8.11. The third-order valence-corrected chi connectivity index (χ3v) is 4.36. The Morgan fingerprint density at radius 1 is 1.24 bits per heavy atom. The number of halogens is 1. The first kappa shape index (κ1) is 12.5. The zero-order chi connectivity index (χ0) is 12.4. The molecule has 3 heteroatoms. The lowest BCUT2D eigenvalue weighted by molar-refractivity contribution is 0.416. The minimum Gasteiger partial charge on any atom is -0.496 e. The van der Waals surface area contributed by atoms with E-state index in [9.17, 15) is 0 Å². The van der Waals surface area contributed by atoms with Crippen molar-refractivity contribution in [2.45, 2.75) is 19.2 Å². The maximum Gasteiger partial charge on any atom is 0.129 e. The summed E-state index contributed by atoms with van der Waals surface area (Å²) in [5.74, 6) is 0.876. The summed E-state index contributed by atoms with van der Waals surface area (Å²) in [6.45, 7) is 4.18. The zero-order valence-electron chi connectivity index (χ0n) is 10.2. The van der Waals surface area contributed by atoms with Crippen LogP contribution in [0.4, 0.5) is 0 Å². The highest BCUT2D eigenvalue weighted by atomic mass is 35.5. The smallest absolute Gasteiger partial charge is 0.129 e. The highest BCUT2D eigenvalue weighted by molar-refractivity contribution is 7.10. The molecule has 0 aliphatic carbocycles. The van der Waals surface area contributed by atoms with Gasteiger partial charge in [-0.3, -0.25) is 0 Å². The maximum absolute atomic E-state index is 6.53. The predicted octanol–water partition coefficient (Wildman–Crippen LogP) is 4.70. The van der Waals surface area contributed by atoms with E-state index in [1.165, 1.54) is 16.7 Å². The summed E-state index contributed by atoms with van der Waals surface area (Å²) in [6, 6.07) is 8.38. The molecule has 2 aromatic rings. The minimum atomic E-state index is -0.0937. The van der Waals surface area contributed by atoms with Crippen LogP contribution in [0.15, 0.2) is 29.6 Å². The van der Waals surface area contributed by atoms with E-state index in [0.717, 1.165) is 10.6 Å². The van der Waals surface area contributed by atoms with Gasteiger partial charge in [-0.25, -0.2) is 0 Å². The first-order valence-electron chi connectivity index (χ1n) is 5.45. The van der Waals surface area contributed by atoms with Crippen LogP contribution in [0, 0.1) is 13.8 Å². The molecule has 0 saturated heterocycles. The Bertz CT molecular complexity index is 519. The zero-order valence-corrected chi connectivity index (χ0v) is 11.7. The molecule has 0 radical (unpaired) electrons. The number of benzene rings is 1. The van der Waals surface area contributed by atoms with Crippen molar-refractivity contribution >= 4 is 22.9 Å². The molecule has 1 heterocycles. The molecular formula is C14H15ClOS.